The number of carbonyl (C=O) groups is 1. The van der Waals surface area contributed by atoms with Crippen LogP contribution in [0, 0.1) is 5.41 Å². The molecule has 0 saturated heterocycles. The molecule has 0 radical (unpaired) electrons. The van der Waals surface area contributed by atoms with Crippen LogP contribution in [0.4, 0.5) is 8.78 Å². The molecule has 0 unspecified atom stereocenters. The third-order valence-electron chi connectivity index (χ3n) is 1.97. The maximum Gasteiger partial charge on any atom is 0.316 e. The number of hydrogen-bond donors (Lipinski definition) is 1. The van der Waals surface area contributed by atoms with Crippen LogP contribution in [0.5, 0.6) is 0 Å². The van der Waals surface area contributed by atoms with Crippen molar-refractivity contribution in [1.29, 1.82) is 0 Å². The van der Waals surface area contributed by atoms with Crippen molar-refractivity contribution in [1.82, 2.24) is 0 Å². The van der Waals surface area contributed by atoms with Crippen LogP contribution in [0.3, 0.4) is 0 Å². The first-order chi connectivity index (χ1) is 4.99. The van der Waals surface area contributed by atoms with Crippen LogP contribution in [0.2, 0.25) is 0 Å². The monoisotopic (exact) mass is 162 g/mol. The molecule has 0 aromatic rings. The lowest BCUT2D eigenvalue weighted by Crippen LogP contribution is -2.45. The Kier molecular flexibility index (Phi) is 1.70. The van der Waals surface area contributed by atoms with Gasteiger partial charge >= 0.3 is 5.97 Å². The van der Waals surface area contributed by atoms with Gasteiger partial charge in [0.2, 0.25) is 0 Å². The minimum atomic E-state index is -2.79. The fraction of sp³-hybridized carbons (Fsp3) is 0.571. The van der Waals surface area contributed by atoms with Crippen LogP contribution < -0.4 is 0 Å². The van der Waals surface area contributed by atoms with E-state index < -0.39 is 17.8 Å². The van der Waals surface area contributed by atoms with Gasteiger partial charge in [-0.15, -0.1) is 0 Å². The molecule has 4 heteroatoms. The highest BCUT2D eigenvalue weighted by atomic mass is 19.3. The number of allylic oxidation sites excluding steroid dienone is 1. The second kappa shape index (κ2) is 2.29. The predicted molar refractivity (Wildman–Crippen MR) is 34.4 cm³/mol. The van der Waals surface area contributed by atoms with E-state index in [2.05, 4.69) is 6.58 Å². The van der Waals surface area contributed by atoms with E-state index in [0.717, 1.165) is 0 Å². The third kappa shape index (κ3) is 1.02. The van der Waals surface area contributed by atoms with E-state index >= 15 is 0 Å². The largest absolute Gasteiger partial charge is 0.481 e. The maximum atomic E-state index is 12.1. The minimum Gasteiger partial charge on any atom is -0.481 e. The average Bonchev–Trinajstić information content (AvgIpc) is 1.78. The molecule has 11 heavy (non-hydrogen) atoms. The van der Waals surface area contributed by atoms with Crippen LogP contribution in [0.15, 0.2) is 12.2 Å². The van der Waals surface area contributed by atoms with Gasteiger partial charge in [0, 0.05) is 0 Å². The van der Waals surface area contributed by atoms with Crippen LogP contribution >= 0.6 is 0 Å². The second-order valence-corrected chi connectivity index (χ2v) is 2.87. The molecule has 1 N–H and O–H groups in total. The summed E-state index contributed by atoms with van der Waals surface area (Å²) in [5, 5.41) is 8.45. The van der Waals surface area contributed by atoms with Crippen LogP contribution in [0.25, 0.3) is 0 Å². The van der Waals surface area contributed by atoms with E-state index in [0.29, 0.717) is 5.57 Å². The van der Waals surface area contributed by atoms with E-state index in [9.17, 15) is 13.6 Å². The Morgan fingerprint density at radius 2 is 2.09 bits per heavy atom. The number of hydrogen-bond acceptors (Lipinski definition) is 1. The summed E-state index contributed by atoms with van der Waals surface area (Å²) in [5.41, 5.74) is -1.23. The van der Waals surface area contributed by atoms with Gasteiger partial charge in [-0.25, -0.2) is 8.78 Å². The van der Waals surface area contributed by atoms with Gasteiger partial charge in [-0.1, -0.05) is 12.2 Å². The fourth-order valence-electron chi connectivity index (χ4n) is 1.24. The van der Waals surface area contributed by atoms with E-state index in [1.807, 2.05) is 0 Å². The van der Waals surface area contributed by atoms with Crippen molar-refractivity contribution in [2.24, 2.45) is 5.41 Å². The molecule has 0 aliphatic heterocycles. The summed E-state index contributed by atoms with van der Waals surface area (Å²) in [6.07, 6.45) is -2.95. The van der Waals surface area contributed by atoms with Crippen molar-refractivity contribution in [3.8, 4) is 0 Å². The predicted octanol–water partition coefficient (Wildman–Crippen LogP) is 1.67. The van der Waals surface area contributed by atoms with E-state index in [1.165, 1.54) is 0 Å². The molecule has 0 heterocycles. The van der Waals surface area contributed by atoms with Crippen LogP contribution in [-0.2, 0) is 4.79 Å². The van der Waals surface area contributed by atoms with Crippen LogP contribution in [-0.4, -0.2) is 17.5 Å². The molecule has 0 aromatic carbocycles. The molecule has 0 spiro atoms. The number of carboxylic acid groups (broad SMARTS) is 1. The van der Waals surface area contributed by atoms with Crippen molar-refractivity contribution < 1.29 is 18.7 Å². The molecule has 1 rings (SSSR count). The van der Waals surface area contributed by atoms with Gasteiger partial charge < -0.3 is 5.11 Å². The number of aliphatic carboxylic acids is 1. The van der Waals surface area contributed by atoms with Crippen molar-refractivity contribution in [3.63, 3.8) is 0 Å². The number of alkyl halides is 2. The Hall–Kier alpha value is -0.930. The van der Waals surface area contributed by atoms with Crippen molar-refractivity contribution in [2.45, 2.75) is 19.3 Å². The van der Waals surface area contributed by atoms with Gasteiger partial charge in [-0.3, -0.25) is 4.79 Å². The SMILES string of the molecule is C=C1CC(C(=O)O)(C(F)F)C1. The molecule has 0 atom stereocenters. The highest BCUT2D eigenvalue weighted by Crippen LogP contribution is 2.48. The highest BCUT2D eigenvalue weighted by Gasteiger charge is 2.54. The van der Waals surface area contributed by atoms with E-state index in [-0.39, 0.29) is 12.8 Å². The Balaban J connectivity index is 2.76. The molecule has 2 nitrogen and oxygen atoms in total. The van der Waals surface area contributed by atoms with Crippen molar-refractivity contribution >= 4 is 5.97 Å². The van der Waals surface area contributed by atoms with Crippen molar-refractivity contribution in [3.05, 3.63) is 12.2 Å². The lowest BCUT2D eigenvalue weighted by Gasteiger charge is -2.38. The minimum absolute atomic E-state index is 0.0833. The molecule has 62 valence electrons. The number of rotatable bonds is 2. The van der Waals surface area contributed by atoms with Crippen LogP contribution in [0.1, 0.15) is 12.8 Å². The molecule has 1 fully saturated rings. The smallest absolute Gasteiger partial charge is 0.316 e. The summed E-state index contributed by atoms with van der Waals surface area (Å²) >= 11 is 0. The van der Waals surface area contributed by atoms with Gasteiger partial charge in [0.25, 0.3) is 6.43 Å². The van der Waals surface area contributed by atoms with Gasteiger partial charge in [0.15, 0.2) is 0 Å². The maximum absolute atomic E-state index is 12.1. The molecule has 0 amide bonds. The van der Waals surface area contributed by atoms with E-state index in [4.69, 9.17) is 5.11 Å². The Morgan fingerprint density at radius 1 is 1.64 bits per heavy atom. The van der Waals surface area contributed by atoms with Gasteiger partial charge in [-0.2, -0.15) is 0 Å². The first-order valence-corrected chi connectivity index (χ1v) is 3.17. The molecule has 1 aliphatic rings. The zero-order valence-electron chi connectivity index (χ0n) is 5.81. The standard InChI is InChI=1S/C7H8F2O2/c1-4-2-7(3-4,5(8)9)6(10)11/h5H,1-3H2,(H,10,11). The van der Waals surface area contributed by atoms with Gasteiger partial charge in [-0.05, 0) is 12.8 Å². The second-order valence-electron chi connectivity index (χ2n) is 2.87. The van der Waals surface area contributed by atoms with Gasteiger partial charge in [0.1, 0.15) is 5.41 Å². The quantitative estimate of drug-likeness (QED) is 0.627. The highest BCUT2D eigenvalue weighted by molar-refractivity contribution is 5.78. The lowest BCUT2D eigenvalue weighted by atomic mass is 9.66. The zero-order chi connectivity index (χ0) is 8.65. The summed E-state index contributed by atoms with van der Waals surface area (Å²) < 4.78 is 24.3. The number of carboxylic acids is 1. The number of halogens is 2. The summed E-state index contributed by atoms with van der Waals surface area (Å²) in [4.78, 5) is 10.4. The summed E-state index contributed by atoms with van der Waals surface area (Å²) in [7, 11) is 0. The molecule has 1 saturated carbocycles. The molecule has 0 aromatic heterocycles. The van der Waals surface area contributed by atoms with Crippen molar-refractivity contribution in [2.75, 3.05) is 0 Å². The summed E-state index contributed by atoms with van der Waals surface area (Å²) in [5.74, 6) is -1.42. The Labute approximate surface area is 62.5 Å². The molecule has 1 aliphatic carbocycles. The first-order valence-electron chi connectivity index (χ1n) is 3.17. The molecular weight excluding hydrogens is 154 g/mol. The first kappa shape index (κ1) is 8.17. The molecule has 0 bridgehead atoms. The average molecular weight is 162 g/mol. The lowest BCUT2D eigenvalue weighted by molar-refractivity contribution is -0.164. The normalized spacial score (nSPS) is 21.5. The zero-order valence-corrected chi connectivity index (χ0v) is 5.81. The molecular formula is C7H8F2O2. The van der Waals surface area contributed by atoms with Gasteiger partial charge in [0.05, 0.1) is 0 Å². The Bertz CT molecular complexity index is 202. The third-order valence-corrected chi connectivity index (χ3v) is 1.97. The van der Waals surface area contributed by atoms with E-state index in [1.54, 1.807) is 0 Å². The summed E-state index contributed by atoms with van der Waals surface area (Å²) in [6, 6.07) is 0. The Morgan fingerprint density at radius 3 is 2.18 bits per heavy atom. The topological polar surface area (TPSA) is 37.3 Å². The summed E-state index contributed by atoms with van der Waals surface area (Å²) in [6.45, 7) is 3.42. The fourth-order valence-corrected chi connectivity index (χ4v) is 1.24.